The summed E-state index contributed by atoms with van der Waals surface area (Å²) in [5.74, 6) is -1.09. The van der Waals surface area contributed by atoms with Crippen LogP contribution in [0.15, 0.2) is 22.1 Å². The molecule has 3 nitrogen and oxygen atoms in total. The minimum absolute atomic E-state index is 0.0137. The van der Waals surface area contributed by atoms with Gasteiger partial charge in [-0.2, -0.15) is 0 Å². The van der Waals surface area contributed by atoms with Gasteiger partial charge in [-0.3, -0.25) is 0 Å². The summed E-state index contributed by atoms with van der Waals surface area (Å²) < 4.78 is 0.501. The third-order valence-corrected chi connectivity index (χ3v) is 3.92. The van der Waals surface area contributed by atoms with E-state index in [2.05, 4.69) is 20.9 Å². The first kappa shape index (κ1) is 12.8. The Labute approximate surface area is 119 Å². The van der Waals surface area contributed by atoms with Crippen LogP contribution in [0.1, 0.15) is 10.5 Å². The van der Waals surface area contributed by atoms with Gasteiger partial charge in [0.25, 0.3) is 0 Å². The van der Waals surface area contributed by atoms with Crippen LogP contribution in [-0.2, 0) is 0 Å². The van der Waals surface area contributed by atoms with Gasteiger partial charge in [-0.25, -0.2) is 9.78 Å². The highest BCUT2D eigenvalue weighted by molar-refractivity contribution is 9.11. The Balaban J connectivity index is 2.63. The molecule has 0 unspecified atom stereocenters. The molecular weight excluding hydrogens is 349 g/mol. The second kappa shape index (κ2) is 4.94. The number of aromatic nitrogens is 1. The lowest BCUT2D eigenvalue weighted by Gasteiger charge is -2.01. The maximum Gasteiger partial charge on any atom is 0.356 e. The Kier molecular flexibility index (Phi) is 3.73. The Bertz CT molecular complexity index is 580. The van der Waals surface area contributed by atoms with Gasteiger partial charge in [0.15, 0.2) is 9.61 Å². The molecule has 17 heavy (non-hydrogen) atoms. The van der Waals surface area contributed by atoms with E-state index in [1.165, 1.54) is 11.3 Å². The highest BCUT2D eigenvalue weighted by Crippen LogP contribution is 2.35. The van der Waals surface area contributed by atoms with Gasteiger partial charge in [0, 0.05) is 10.0 Å². The highest BCUT2D eigenvalue weighted by Gasteiger charge is 2.18. The van der Waals surface area contributed by atoms with E-state index in [-0.39, 0.29) is 5.69 Å². The summed E-state index contributed by atoms with van der Waals surface area (Å²) in [7, 11) is 0. The third-order valence-electron chi connectivity index (χ3n) is 1.93. The average Bonchev–Trinajstić information content (AvgIpc) is 2.59. The van der Waals surface area contributed by atoms with Crippen molar-refractivity contribution in [3.05, 3.63) is 37.9 Å². The van der Waals surface area contributed by atoms with Crippen molar-refractivity contribution >= 4 is 56.4 Å². The lowest BCUT2D eigenvalue weighted by atomic mass is 10.1. The fourth-order valence-corrected chi connectivity index (χ4v) is 3.28. The van der Waals surface area contributed by atoms with Crippen molar-refractivity contribution in [2.75, 3.05) is 0 Å². The minimum atomic E-state index is -1.09. The van der Waals surface area contributed by atoms with E-state index >= 15 is 0 Å². The van der Waals surface area contributed by atoms with Crippen LogP contribution in [-0.4, -0.2) is 16.1 Å². The monoisotopic (exact) mass is 351 g/mol. The lowest BCUT2D eigenvalue weighted by Crippen LogP contribution is -1.98. The molecule has 88 valence electrons. The molecule has 0 spiro atoms. The fraction of sp³-hybridized carbons (Fsp3) is 0. The Hall–Kier alpha value is -0.620. The lowest BCUT2D eigenvalue weighted by molar-refractivity contribution is 0.0692. The molecule has 0 saturated heterocycles. The van der Waals surface area contributed by atoms with Crippen LogP contribution in [0, 0.1) is 0 Å². The zero-order valence-electron chi connectivity index (χ0n) is 8.08. The molecular formula is C10H4BrCl2NO2S. The highest BCUT2D eigenvalue weighted by atomic mass is 79.9. The molecule has 0 amide bonds. The molecule has 2 rings (SSSR count). The van der Waals surface area contributed by atoms with Crippen molar-refractivity contribution in [1.29, 1.82) is 0 Å². The molecule has 0 fully saturated rings. The van der Waals surface area contributed by atoms with Crippen molar-refractivity contribution in [3.63, 3.8) is 0 Å². The molecule has 1 N–H and O–H groups in total. The van der Waals surface area contributed by atoms with Crippen LogP contribution in [0.25, 0.3) is 10.4 Å². The number of carboxylic acids is 1. The Morgan fingerprint density at radius 3 is 2.41 bits per heavy atom. The maximum atomic E-state index is 11.0. The molecule has 0 radical (unpaired) electrons. The van der Waals surface area contributed by atoms with Crippen LogP contribution in [0.5, 0.6) is 0 Å². The molecule has 1 aromatic heterocycles. The van der Waals surface area contributed by atoms with Gasteiger partial charge >= 0.3 is 5.97 Å². The Morgan fingerprint density at radius 1 is 1.29 bits per heavy atom. The average molecular weight is 353 g/mol. The second-order valence-electron chi connectivity index (χ2n) is 3.11. The number of rotatable bonds is 2. The van der Waals surface area contributed by atoms with E-state index in [0.29, 0.717) is 24.4 Å². The second-order valence-corrected chi connectivity index (χ2v) is 6.26. The fourth-order valence-electron chi connectivity index (χ4n) is 1.32. The van der Waals surface area contributed by atoms with E-state index in [0.717, 1.165) is 0 Å². The van der Waals surface area contributed by atoms with E-state index in [1.807, 2.05) is 0 Å². The predicted molar refractivity (Wildman–Crippen MR) is 72.2 cm³/mol. The summed E-state index contributed by atoms with van der Waals surface area (Å²) in [5, 5.41) is 9.94. The maximum absolute atomic E-state index is 11.0. The number of hydrogen-bond donors (Lipinski definition) is 1. The number of carbonyl (C=O) groups is 1. The van der Waals surface area contributed by atoms with Gasteiger partial charge in [0.1, 0.15) is 0 Å². The van der Waals surface area contributed by atoms with Crippen LogP contribution in [0.3, 0.4) is 0 Å². The molecule has 0 aliphatic rings. The molecule has 0 atom stereocenters. The third kappa shape index (κ3) is 2.80. The van der Waals surface area contributed by atoms with E-state index in [4.69, 9.17) is 28.3 Å². The first-order chi connectivity index (χ1) is 7.97. The number of carboxylic acid groups (broad SMARTS) is 1. The summed E-state index contributed by atoms with van der Waals surface area (Å²) in [6, 6.07) is 4.89. The number of benzene rings is 1. The topological polar surface area (TPSA) is 50.2 Å². The van der Waals surface area contributed by atoms with Crippen molar-refractivity contribution in [3.8, 4) is 10.4 Å². The smallest absolute Gasteiger partial charge is 0.356 e. The molecule has 7 heteroatoms. The van der Waals surface area contributed by atoms with E-state index in [1.54, 1.807) is 18.2 Å². The molecule has 0 aliphatic carbocycles. The first-order valence-electron chi connectivity index (χ1n) is 4.33. The molecule has 1 heterocycles. The summed E-state index contributed by atoms with van der Waals surface area (Å²) >= 11 is 16.1. The predicted octanol–water partition coefficient (Wildman–Crippen LogP) is 4.58. The SMILES string of the molecule is O=C(O)c1nc(Br)sc1-c1cc(Cl)cc(Cl)c1. The largest absolute Gasteiger partial charge is 0.476 e. The van der Waals surface area contributed by atoms with Crippen molar-refractivity contribution in [1.82, 2.24) is 4.98 Å². The number of thiazole rings is 1. The van der Waals surface area contributed by atoms with Crippen molar-refractivity contribution < 1.29 is 9.90 Å². The van der Waals surface area contributed by atoms with Gasteiger partial charge in [0.05, 0.1) is 4.88 Å². The van der Waals surface area contributed by atoms with Crippen LogP contribution < -0.4 is 0 Å². The molecule has 2 aromatic rings. The summed E-state index contributed by atoms with van der Waals surface area (Å²) in [6.07, 6.45) is 0. The van der Waals surface area contributed by atoms with E-state index in [9.17, 15) is 4.79 Å². The quantitative estimate of drug-likeness (QED) is 0.860. The normalized spacial score (nSPS) is 10.5. The Morgan fingerprint density at radius 2 is 1.88 bits per heavy atom. The van der Waals surface area contributed by atoms with Gasteiger partial charge in [-0.15, -0.1) is 11.3 Å². The number of nitrogens with zero attached hydrogens (tertiary/aromatic N) is 1. The first-order valence-corrected chi connectivity index (χ1v) is 6.70. The van der Waals surface area contributed by atoms with Crippen molar-refractivity contribution in [2.45, 2.75) is 0 Å². The number of hydrogen-bond acceptors (Lipinski definition) is 3. The van der Waals surface area contributed by atoms with Crippen LogP contribution in [0.2, 0.25) is 10.0 Å². The zero-order chi connectivity index (χ0) is 12.6. The van der Waals surface area contributed by atoms with Crippen molar-refractivity contribution in [2.24, 2.45) is 0 Å². The van der Waals surface area contributed by atoms with Crippen LogP contribution >= 0.6 is 50.5 Å². The van der Waals surface area contributed by atoms with Gasteiger partial charge < -0.3 is 5.11 Å². The molecule has 1 aromatic carbocycles. The summed E-state index contributed by atoms with van der Waals surface area (Å²) in [4.78, 5) is 15.5. The van der Waals surface area contributed by atoms with Gasteiger partial charge in [-0.05, 0) is 39.7 Å². The number of halogens is 3. The number of aromatic carboxylic acids is 1. The summed E-state index contributed by atoms with van der Waals surface area (Å²) in [6.45, 7) is 0. The minimum Gasteiger partial charge on any atom is -0.476 e. The zero-order valence-corrected chi connectivity index (χ0v) is 12.0. The molecule has 0 saturated carbocycles. The summed E-state index contributed by atoms with van der Waals surface area (Å²) in [5.41, 5.74) is 0.628. The van der Waals surface area contributed by atoms with Gasteiger partial charge in [-0.1, -0.05) is 23.2 Å². The van der Waals surface area contributed by atoms with E-state index < -0.39 is 5.97 Å². The molecule has 0 bridgehead atoms. The van der Waals surface area contributed by atoms with Crippen LogP contribution in [0.4, 0.5) is 0 Å². The molecule has 0 aliphatic heterocycles. The standard InChI is InChI=1S/C10H4BrCl2NO2S/c11-10-14-7(9(15)16)8(17-10)4-1-5(12)3-6(13)2-4/h1-3H,(H,15,16). The van der Waals surface area contributed by atoms with Gasteiger partial charge in [0.2, 0.25) is 0 Å².